The molecule has 0 amide bonds. The number of halogens is 2. The average Bonchev–Trinajstić information content (AvgIpc) is 3.46. The molecule has 7 nitrogen and oxygen atoms in total. The molecule has 2 aliphatic carbocycles. The highest BCUT2D eigenvalue weighted by molar-refractivity contribution is 7.92. The summed E-state index contributed by atoms with van der Waals surface area (Å²) in [7, 11) is -4.33. The third-order valence-electron chi connectivity index (χ3n) is 5.67. The highest BCUT2D eigenvalue weighted by Crippen LogP contribution is 2.44. The maximum atomic E-state index is 14.3. The molecule has 0 spiro atoms. The van der Waals surface area contributed by atoms with E-state index in [0.717, 1.165) is 37.8 Å². The Balaban J connectivity index is 1.77. The minimum atomic E-state index is -4.33. The van der Waals surface area contributed by atoms with E-state index in [-0.39, 0.29) is 44.5 Å². The molecule has 2 fully saturated rings. The van der Waals surface area contributed by atoms with Crippen LogP contribution >= 0.6 is 11.6 Å². The number of sulfonamides is 1. The number of benzene rings is 2. The maximum Gasteiger partial charge on any atom is 0.338 e. The smallest absolute Gasteiger partial charge is 0.338 e. The van der Waals surface area contributed by atoms with E-state index < -0.39 is 27.4 Å². The van der Waals surface area contributed by atoms with Gasteiger partial charge in [0.2, 0.25) is 0 Å². The van der Waals surface area contributed by atoms with Crippen LogP contribution in [0.4, 0.5) is 10.1 Å². The number of anilines is 1. The molecule has 0 heterocycles. The first kappa shape index (κ1) is 22.4. The van der Waals surface area contributed by atoms with Gasteiger partial charge >= 0.3 is 5.97 Å². The predicted octanol–water partition coefficient (Wildman–Crippen LogP) is 5.05. The average molecular weight is 479 g/mol. The number of nitriles is 1. The monoisotopic (exact) mass is 478 g/mol. The Kier molecular flexibility index (Phi) is 6.01. The Bertz CT molecular complexity index is 1230. The van der Waals surface area contributed by atoms with Crippen LogP contribution in [0.25, 0.3) is 0 Å². The largest absolute Gasteiger partial charge is 0.488 e. The van der Waals surface area contributed by atoms with Gasteiger partial charge in [0.05, 0.1) is 32.8 Å². The number of rotatable bonds is 7. The summed E-state index contributed by atoms with van der Waals surface area (Å²) in [5.74, 6) is -2.53. The van der Waals surface area contributed by atoms with Crippen molar-refractivity contribution >= 4 is 33.3 Å². The van der Waals surface area contributed by atoms with E-state index in [2.05, 4.69) is 4.72 Å². The van der Waals surface area contributed by atoms with Gasteiger partial charge in [-0.05, 0) is 68.2 Å². The second-order valence-electron chi connectivity index (χ2n) is 8.02. The normalized spacial score (nSPS) is 16.5. The first-order valence-corrected chi connectivity index (χ1v) is 12.1. The Morgan fingerprint density at radius 3 is 2.47 bits per heavy atom. The lowest BCUT2D eigenvalue weighted by atomic mass is 10.1. The van der Waals surface area contributed by atoms with Gasteiger partial charge in [0.1, 0.15) is 17.6 Å². The van der Waals surface area contributed by atoms with Crippen molar-refractivity contribution in [3.63, 3.8) is 0 Å². The van der Waals surface area contributed by atoms with Crippen molar-refractivity contribution in [1.82, 2.24) is 0 Å². The van der Waals surface area contributed by atoms with Crippen molar-refractivity contribution in [1.29, 1.82) is 5.26 Å². The van der Waals surface area contributed by atoms with Crippen LogP contribution in [-0.2, 0) is 10.0 Å². The van der Waals surface area contributed by atoms with Gasteiger partial charge in [-0.15, -0.1) is 0 Å². The summed E-state index contributed by atoms with van der Waals surface area (Å²) in [5.41, 5.74) is -0.435. The number of nitrogens with zero attached hydrogens (tertiary/aromatic N) is 1. The van der Waals surface area contributed by atoms with E-state index in [1.807, 2.05) is 6.07 Å². The minimum Gasteiger partial charge on any atom is -0.488 e. The van der Waals surface area contributed by atoms with Crippen molar-refractivity contribution in [2.75, 3.05) is 4.72 Å². The van der Waals surface area contributed by atoms with Gasteiger partial charge in [-0.3, -0.25) is 4.72 Å². The number of carboxylic acid groups (broad SMARTS) is 1. The molecule has 0 saturated heterocycles. The fourth-order valence-corrected chi connectivity index (χ4v) is 5.45. The molecule has 2 N–H and O–H groups in total. The van der Waals surface area contributed by atoms with Crippen LogP contribution in [-0.4, -0.2) is 25.6 Å². The van der Waals surface area contributed by atoms with Crippen molar-refractivity contribution in [3.05, 3.63) is 51.8 Å². The van der Waals surface area contributed by atoms with Gasteiger partial charge in [-0.25, -0.2) is 17.6 Å². The number of ether oxygens (including phenoxy) is 1. The van der Waals surface area contributed by atoms with Gasteiger partial charge in [0.15, 0.2) is 0 Å². The summed E-state index contributed by atoms with van der Waals surface area (Å²) in [6, 6.07) is 6.40. The molecule has 2 aliphatic rings. The molecule has 0 bridgehead atoms. The number of aromatic carboxylic acids is 1. The molecule has 32 heavy (non-hydrogen) atoms. The van der Waals surface area contributed by atoms with E-state index in [0.29, 0.717) is 12.8 Å². The standard InChI is InChI=1S/C22H20ClFN2O5S/c23-17-10-20(31-14-3-1-2-4-14)19(7-13(17)11-25)26-32(29,30)21-9-16(22(27)28)18(24)8-15(21)12-5-6-12/h7-10,12,14,26H,1-6H2,(H,27,28). The van der Waals surface area contributed by atoms with Crippen molar-refractivity contribution in [2.24, 2.45) is 0 Å². The lowest BCUT2D eigenvalue weighted by molar-refractivity contribution is 0.0691. The Labute approximate surface area is 189 Å². The summed E-state index contributed by atoms with van der Waals surface area (Å²) in [5, 5.41) is 18.7. The van der Waals surface area contributed by atoms with Crippen LogP contribution in [0.5, 0.6) is 5.75 Å². The lowest BCUT2D eigenvalue weighted by Crippen LogP contribution is -2.19. The molecule has 2 saturated carbocycles. The van der Waals surface area contributed by atoms with Gasteiger partial charge in [-0.2, -0.15) is 5.26 Å². The van der Waals surface area contributed by atoms with E-state index in [4.69, 9.17) is 16.3 Å². The second kappa shape index (κ2) is 8.60. The first-order chi connectivity index (χ1) is 15.2. The molecule has 4 rings (SSSR count). The maximum absolute atomic E-state index is 14.3. The molecule has 0 aliphatic heterocycles. The number of hydrogen-bond acceptors (Lipinski definition) is 5. The van der Waals surface area contributed by atoms with Crippen LogP contribution < -0.4 is 9.46 Å². The van der Waals surface area contributed by atoms with Gasteiger partial charge in [0, 0.05) is 6.07 Å². The molecule has 0 atom stereocenters. The van der Waals surface area contributed by atoms with Crippen LogP contribution in [0.3, 0.4) is 0 Å². The van der Waals surface area contributed by atoms with Crippen molar-refractivity contribution in [2.45, 2.75) is 55.4 Å². The highest BCUT2D eigenvalue weighted by atomic mass is 35.5. The molecule has 10 heteroatoms. The van der Waals surface area contributed by atoms with Crippen LogP contribution in [0.2, 0.25) is 5.02 Å². The Hall–Kier alpha value is -2.83. The van der Waals surface area contributed by atoms with E-state index in [1.165, 1.54) is 12.1 Å². The molecule has 168 valence electrons. The topological polar surface area (TPSA) is 116 Å². The molecule has 0 aromatic heterocycles. The van der Waals surface area contributed by atoms with E-state index in [1.54, 1.807) is 0 Å². The lowest BCUT2D eigenvalue weighted by Gasteiger charge is -2.19. The molecular weight excluding hydrogens is 459 g/mol. The fourth-order valence-electron chi connectivity index (χ4n) is 3.88. The summed E-state index contributed by atoms with van der Waals surface area (Å²) >= 11 is 6.14. The summed E-state index contributed by atoms with van der Waals surface area (Å²) in [6.07, 6.45) is 4.88. The van der Waals surface area contributed by atoms with E-state index in [9.17, 15) is 28.0 Å². The van der Waals surface area contributed by atoms with Crippen molar-refractivity contribution in [3.8, 4) is 11.8 Å². The summed E-state index contributed by atoms with van der Waals surface area (Å²) in [6.45, 7) is 0. The third-order valence-corrected chi connectivity index (χ3v) is 7.40. The second-order valence-corrected chi connectivity index (χ2v) is 10.1. The number of hydrogen-bond donors (Lipinski definition) is 2. The highest BCUT2D eigenvalue weighted by Gasteiger charge is 2.33. The zero-order valence-corrected chi connectivity index (χ0v) is 18.5. The molecule has 2 aromatic rings. The van der Waals surface area contributed by atoms with Crippen molar-refractivity contribution < 1.29 is 27.4 Å². The molecule has 0 radical (unpaired) electrons. The predicted molar refractivity (Wildman–Crippen MR) is 115 cm³/mol. The zero-order chi connectivity index (χ0) is 23.0. The van der Waals surface area contributed by atoms with Crippen LogP contribution in [0.1, 0.15) is 65.9 Å². The van der Waals surface area contributed by atoms with E-state index >= 15 is 0 Å². The summed E-state index contributed by atoms with van der Waals surface area (Å²) in [4.78, 5) is 11.1. The SMILES string of the molecule is N#Cc1cc(NS(=O)(=O)c2cc(C(=O)O)c(F)cc2C2CC2)c(OC2CCCC2)cc1Cl. The Morgan fingerprint density at radius 2 is 1.88 bits per heavy atom. The minimum absolute atomic E-state index is 0.0146. The quantitative estimate of drug-likeness (QED) is 0.575. The number of nitrogens with one attached hydrogen (secondary N) is 1. The third kappa shape index (κ3) is 4.52. The Morgan fingerprint density at radius 1 is 1.19 bits per heavy atom. The summed E-state index contributed by atoms with van der Waals surface area (Å²) < 4.78 is 49.3. The number of carboxylic acids is 1. The molecule has 0 unspecified atom stereocenters. The molecule has 2 aromatic carbocycles. The van der Waals surface area contributed by atoms with Crippen LogP contribution in [0.15, 0.2) is 29.2 Å². The first-order valence-electron chi connectivity index (χ1n) is 10.2. The number of carbonyl (C=O) groups is 1. The van der Waals surface area contributed by atoms with Gasteiger partial charge in [-0.1, -0.05) is 11.6 Å². The van der Waals surface area contributed by atoms with Gasteiger partial charge < -0.3 is 9.84 Å². The zero-order valence-electron chi connectivity index (χ0n) is 16.9. The van der Waals surface area contributed by atoms with Crippen LogP contribution in [0, 0.1) is 17.1 Å². The molecular formula is C22H20ClFN2O5S. The van der Waals surface area contributed by atoms with Gasteiger partial charge in [0.25, 0.3) is 10.0 Å². The fraction of sp³-hybridized carbons (Fsp3) is 0.364.